The van der Waals surface area contributed by atoms with E-state index in [0.29, 0.717) is 29.5 Å². The molecule has 2 aliphatic heterocycles. The van der Waals surface area contributed by atoms with Crippen LogP contribution in [0.1, 0.15) is 55.1 Å². The fraction of sp³-hybridized carbons (Fsp3) is 0.480. The van der Waals surface area contributed by atoms with Gasteiger partial charge in [0.2, 0.25) is 5.95 Å². The Hall–Kier alpha value is -3.40. The first-order chi connectivity index (χ1) is 17.0. The number of anilines is 3. The highest BCUT2D eigenvalue weighted by Crippen LogP contribution is 2.29. The van der Waals surface area contributed by atoms with Gasteiger partial charge in [0.25, 0.3) is 5.91 Å². The van der Waals surface area contributed by atoms with Gasteiger partial charge >= 0.3 is 0 Å². The molecule has 2 aliphatic rings. The summed E-state index contributed by atoms with van der Waals surface area (Å²) in [6, 6.07) is 3.17. The van der Waals surface area contributed by atoms with Crippen molar-refractivity contribution in [1.82, 2.24) is 30.6 Å². The van der Waals surface area contributed by atoms with E-state index < -0.39 is 18.1 Å². The summed E-state index contributed by atoms with van der Waals surface area (Å²) < 4.78 is 14.0. The van der Waals surface area contributed by atoms with Crippen LogP contribution in [0.2, 0.25) is 0 Å². The van der Waals surface area contributed by atoms with Crippen molar-refractivity contribution in [2.24, 2.45) is 0 Å². The minimum atomic E-state index is -1.11. The molecule has 0 spiro atoms. The van der Waals surface area contributed by atoms with Gasteiger partial charge in [-0.15, -0.1) is 0 Å². The molecular weight excluding hydrogens is 447 g/mol. The van der Waals surface area contributed by atoms with Crippen molar-refractivity contribution in [3.05, 3.63) is 42.0 Å². The molecule has 1 amide bonds. The van der Waals surface area contributed by atoms with Crippen molar-refractivity contribution < 1.29 is 9.18 Å². The largest absolute Gasteiger partial charge is 0.344 e. The fourth-order valence-electron chi connectivity index (χ4n) is 4.69. The van der Waals surface area contributed by atoms with E-state index in [4.69, 9.17) is 0 Å². The van der Waals surface area contributed by atoms with Gasteiger partial charge in [0.15, 0.2) is 0 Å². The molecule has 3 aromatic heterocycles. The Labute approximate surface area is 204 Å². The average Bonchev–Trinajstić information content (AvgIpc) is 3.27. The zero-order valence-corrected chi connectivity index (χ0v) is 20.1. The lowest BCUT2D eigenvalue weighted by Gasteiger charge is -2.26. The van der Waals surface area contributed by atoms with Crippen LogP contribution in [0.3, 0.4) is 0 Å². The first-order valence-electron chi connectivity index (χ1n) is 12.3. The minimum absolute atomic E-state index is 0.191. The summed E-state index contributed by atoms with van der Waals surface area (Å²) in [6.07, 6.45) is 7.56. The second kappa shape index (κ2) is 10.1. The zero-order chi connectivity index (χ0) is 24.4. The highest BCUT2D eigenvalue weighted by Gasteiger charge is 2.29. The van der Waals surface area contributed by atoms with E-state index in [-0.39, 0.29) is 18.2 Å². The van der Waals surface area contributed by atoms with E-state index in [9.17, 15) is 9.18 Å². The van der Waals surface area contributed by atoms with E-state index in [2.05, 4.69) is 54.6 Å². The third kappa shape index (κ3) is 5.02. The van der Waals surface area contributed by atoms with Crippen LogP contribution in [0.25, 0.3) is 10.8 Å². The summed E-state index contributed by atoms with van der Waals surface area (Å²) in [5.41, 5.74) is 1.25. The monoisotopic (exact) mass is 478 g/mol. The molecule has 2 saturated heterocycles. The van der Waals surface area contributed by atoms with Gasteiger partial charge in [0.1, 0.15) is 23.5 Å². The molecule has 3 N–H and O–H groups in total. The number of pyridine rings is 2. The molecule has 0 aliphatic carbocycles. The second-order valence-electron chi connectivity index (χ2n) is 9.50. The van der Waals surface area contributed by atoms with Crippen LogP contribution in [-0.4, -0.2) is 64.2 Å². The maximum Gasteiger partial charge on any atom is 0.270 e. The number of alkyl halides is 1. The highest BCUT2D eigenvalue weighted by atomic mass is 19.1. The number of rotatable bonds is 6. The molecule has 10 heteroatoms. The van der Waals surface area contributed by atoms with Gasteiger partial charge in [0.05, 0.1) is 6.04 Å². The van der Waals surface area contributed by atoms with Crippen molar-refractivity contribution in [1.29, 1.82) is 0 Å². The van der Waals surface area contributed by atoms with E-state index in [1.165, 1.54) is 6.42 Å². The lowest BCUT2D eigenvalue weighted by molar-refractivity contribution is 0.0921. The zero-order valence-electron chi connectivity index (χ0n) is 20.1. The van der Waals surface area contributed by atoms with Gasteiger partial charge in [0, 0.05) is 50.2 Å². The molecule has 9 nitrogen and oxygen atoms in total. The van der Waals surface area contributed by atoms with Gasteiger partial charge in [-0.05, 0) is 48.3 Å². The molecule has 0 saturated carbocycles. The maximum atomic E-state index is 14.0. The highest BCUT2D eigenvalue weighted by molar-refractivity contribution is 6.06. The number of hydrogen-bond donors (Lipinski definition) is 3. The van der Waals surface area contributed by atoms with Crippen molar-refractivity contribution >= 4 is 34.3 Å². The summed E-state index contributed by atoms with van der Waals surface area (Å²) in [5.74, 6) is 1.79. The Balaban J connectivity index is 1.43. The fourth-order valence-corrected chi connectivity index (χ4v) is 4.69. The van der Waals surface area contributed by atoms with Crippen LogP contribution >= 0.6 is 0 Å². The van der Waals surface area contributed by atoms with Crippen LogP contribution < -0.4 is 20.9 Å². The number of fused-ring (bicyclic) bond motifs is 1. The predicted octanol–water partition coefficient (Wildman–Crippen LogP) is 3.32. The molecule has 0 radical (unpaired) electrons. The number of amides is 1. The minimum Gasteiger partial charge on any atom is -0.344 e. The number of nitrogens with zero attached hydrogens (tertiary/aromatic N) is 5. The van der Waals surface area contributed by atoms with E-state index in [1.807, 2.05) is 12.1 Å². The van der Waals surface area contributed by atoms with Crippen molar-refractivity contribution in [2.45, 2.75) is 51.2 Å². The summed E-state index contributed by atoms with van der Waals surface area (Å²) in [7, 11) is 0. The van der Waals surface area contributed by atoms with E-state index >= 15 is 0 Å². The van der Waals surface area contributed by atoms with Gasteiger partial charge in [-0.1, -0.05) is 13.8 Å². The third-order valence-electron chi connectivity index (χ3n) is 6.63. The molecule has 2 unspecified atom stereocenters. The lowest BCUT2D eigenvalue weighted by atomic mass is 9.98. The molecule has 35 heavy (non-hydrogen) atoms. The number of nitrogens with one attached hydrogen (secondary N) is 3. The Bertz CT molecular complexity index is 1210. The van der Waals surface area contributed by atoms with Crippen molar-refractivity contribution in [3.63, 3.8) is 0 Å². The summed E-state index contributed by atoms with van der Waals surface area (Å²) in [5, 5.41) is 10.5. The predicted molar refractivity (Wildman–Crippen MR) is 134 cm³/mol. The molecular formula is C25H31FN8O. The molecule has 5 heterocycles. The number of piperidine rings is 1. The quantitative estimate of drug-likeness (QED) is 0.495. The standard InChI is InChI=1S/C25H31FN8O/c1-15(2)17-11-30-23(24(35)31-20-14-27-13-19(20)26)18-12-29-22(10-16(17)18)32-21-6-7-28-25(33-21)34-8-4-3-5-9-34/h6-7,10-12,15,19-20,27H,3-5,8-9,13-14H2,1-2H3,(H,31,35)(H,28,29,32,33). The number of carbonyl (C=O) groups excluding carboxylic acids is 1. The molecule has 184 valence electrons. The Kier molecular flexibility index (Phi) is 6.72. The smallest absolute Gasteiger partial charge is 0.270 e. The van der Waals surface area contributed by atoms with E-state index in [0.717, 1.165) is 36.9 Å². The summed E-state index contributed by atoms with van der Waals surface area (Å²) in [6.45, 7) is 6.73. The lowest BCUT2D eigenvalue weighted by Crippen LogP contribution is -2.41. The van der Waals surface area contributed by atoms with Crippen LogP contribution in [0.15, 0.2) is 30.7 Å². The average molecular weight is 479 g/mol. The SMILES string of the molecule is CC(C)c1cnc(C(=O)NC2CNCC2F)c2cnc(Nc3ccnc(N4CCCCC4)n3)cc12. The molecule has 5 rings (SSSR count). The number of hydrogen-bond acceptors (Lipinski definition) is 8. The van der Waals surface area contributed by atoms with Crippen LogP contribution in [0, 0.1) is 0 Å². The van der Waals surface area contributed by atoms with Gasteiger partial charge < -0.3 is 20.9 Å². The molecule has 2 fully saturated rings. The van der Waals surface area contributed by atoms with Gasteiger partial charge in [-0.3, -0.25) is 9.78 Å². The van der Waals surface area contributed by atoms with Gasteiger partial charge in [-0.2, -0.15) is 4.98 Å². The molecule has 2 atom stereocenters. The molecule has 3 aromatic rings. The van der Waals surface area contributed by atoms with Crippen molar-refractivity contribution in [2.75, 3.05) is 36.4 Å². The molecule has 0 bridgehead atoms. The Morgan fingerprint density at radius 2 is 1.91 bits per heavy atom. The molecule has 0 aromatic carbocycles. The number of halogens is 1. The maximum absolute atomic E-state index is 14.0. The second-order valence-corrected chi connectivity index (χ2v) is 9.50. The summed E-state index contributed by atoms with van der Waals surface area (Å²) >= 11 is 0. The first kappa shape index (κ1) is 23.3. The van der Waals surface area contributed by atoms with Crippen LogP contribution in [0.5, 0.6) is 0 Å². The number of aromatic nitrogens is 4. The van der Waals surface area contributed by atoms with Crippen LogP contribution in [0.4, 0.5) is 22.0 Å². The number of carbonyl (C=O) groups is 1. The summed E-state index contributed by atoms with van der Waals surface area (Å²) in [4.78, 5) is 33.3. The Morgan fingerprint density at radius 3 is 2.66 bits per heavy atom. The first-order valence-corrected chi connectivity index (χ1v) is 12.3. The van der Waals surface area contributed by atoms with Crippen molar-refractivity contribution in [3.8, 4) is 0 Å². The third-order valence-corrected chi connectivity index (χ3v) is 6.63. The topological polar surface area (TPSA) is 108 Å². The van der Waals surface area contributed by atoms with Crippen LogP contribution in [-0.2, 0) is 0 Å². The van der Waals surface area contributed by atoms with E-state index in [1.54, 1.807) is 18.6 Å². The normalized spacial score (nSPS) is 20.4. The van der Waals surface area contributed by atoms with Gasteiger partial charge in [-0.25, -0.2) is 14.4 Å². The Morgan fingerprint density at radius 1 is 1.09 bits per heavy atom.